The molecule has 1 saturated heterocycles. The average molecular weight is 403 g/mol. The van der Waals surface area contributed by atoms with Crippen LogP contribution < -0.4 is 0 Å². The van der Waals surface area contributed by atoms with Gasteiger partial charge in [0, 0.05) is 18.7 Å². The Morgan fingerprint density at radius 2 is 2.00 bits per heavy atom. The quantitative estimate of drug-likeness (QED) is 0.305. The molecule has 2 aliphatic rings. The second-order valence-corrected chi connectivity index (χ2v) is 6.96. The highest BCUT2D eigenvalue weighted by atomic mass is 16.6. The zero-order chi connectivity index (χ0) is 21.1. The number of hydrogen-bond donors (Lipinski definition) is 0. The van der Waals surface area contributed by atoms with E-state index in [0.29, 0.717) is 11.4 Å². The summed E-state index contributed by atoms with van der Waals surface area (Å²) in [6, 6.07) is 3.82. The molecule has 1 aromatic rings. The first kappa shape index (κ1) is 20.4. The molecule has 0 aromatic heterocycles. The molecular formula is C19H21N3O7. The minimum atomic E-state index is -0.930. The Morgan fingerprint density at radius 3 is 2.69 bits per heavy atom. The Kier molecular flexibility index (Phi) is 5.90. The summed E-state index contributed by atoms with van der Waals surface area (Å²) in [5.41, 5.74) is -0.972. The lowest BCUT2D eigenvalue weighted by Crippen LogP contribution is -2.45. The number of benzene rings is 1. The normalized spacial score (nSPS) is 18.6. The van der Waals surface area contributed by atoms with E-state index in [-0.39, 0.29) is 23.1 Å². The molecule has 3 rings (SSSR count). The summed E-state index contributed by atoms with van der Waals surface area (Å²) in [6.07, 6.45) is 3.66. The van der Waals surface area contributed by atoms with Crippen LogP contribution in [0.15, 0.2) is 18.2 Å². The maximum absolute atomic E-state index is 12.5. The molecule has 0 unspecified atom stereocenters. The van der Waals surface area contributed by atoms with Gasteiger partial charge in [0.2, 0.25) is 0 Å². The fourth-order valence-corrected chi connectivity index (χ4v) is 3.76. The van der Waals surface area contributed by atoms with Crippen molar-refractivity contribution in [3.8, 4) is 0 Å². The molecule has 2 heterocycles. The van der Waals surface area contributed by atoms with Crippen LogP contribution in [0.25, 0.3) is 0 Å². The second-order valence-electron chi connectivity index (χ2n) is 6.96. The first-order chi connectivity index (χ1) is 13.8. The van der Waals surface area contributed by atoms with Crippen molar-refractivity contribution in [2.45, 2.75) is 38.6 Å². The maximum Gasteiger partial charge on any atom is 0.326 e. The molecule has 29 heavy (non-hydrogen) atoms. The summed E-state index contributed by atoms with van der Waals surface area (Å²) < 4.78 is 4.97. The van der Waals surface area contributed by atoms with Crippen LogP contribution in [-0.4, -0.2) is 64.2 Å². The third-order valence-corrected chi connectivity index (χ3v) is 5.24. The van der Waals surface area contributed by atoms with Crippen LogP contribution in [0.2, 0.25) is 0 Å². The predicted molar refractivity (Wildman–Crippen MR) is 99.1 cm³/mol. The second kappa shape index (κ2) is 8.38. The van der Waals surface area contributed by atoms with Crippen molar-refractivity contribution in [2.24, 2.45) is 0 Å². The van der Waals surface area contributed by atoms with Crippen LogP contribution in [0.1, 0.15) is 53.3 Å². The number of fused-ring (bicyclic) bond motifs is 1. The molecule has 0 radical (unpaired) electrons. The molecule has 10 heteroatoms. The Morgan fingerprint density at radius 1 is 1.24 bits per heavy atom. The fourth-order valence-electron chi connectivity index (χ4n) is 3.76. The highest BCUT2D eigenvalue weighted by molar-refractivity contribution is 6.24. The number of nitro benzene ring substituents is 1. The van der Waals surface area contributed by atoms with E-state index in [4.69, 9.17) is 4.74 Å². The Labute approximate surface area is 166 Å². The van der Waals surface area contributed by atoms with Gasteiger partial charge in [-0.1, -0.05) is 13.0 Å². The highest BCUT2D eigenvalue weighted by Crippen LogP contribution is 2.30. The number of ether oxygens (including phenoxy) is 1. The van der Waals surface area contributed by atoms with E-state index < -0.39 is 41.5 Å². The number of likely N-dealkylation sites (tertiary alicyclic amines) is 1. The van der Waals surface area contributed by atoms with Crippen LogP contribution in [0.3, 0.4) is 0 Å². The lowest BCUT2D eigenvalue weighted by atomic mass is 10.00. The number of nitrogens with zero attached hydrogens (tertiary/aromatic N) is 3. The topological polar surface area (TPSA) is 127 Å². The van der Waals surface area contributed by atoms with Crippen molar-refractivity contribution in [1.82, 2.24) is 9.80 Å². The predicted octanol–water partition coefficient (Wildman–Crippen LogP) is 1.53. The van der Waals surface area contributed by atoms with Crippen LogP contribution in [0.5, 0.6) is 0 Å². The van der Waals surface area contributed by atoms with E-state index in [1.807, 2.05) is 6.92 Å². The number of hydrogen-bond acceptors (Lipinski definition) is 7. The summed E-state index contributed by atoms with van der Waals surface area (Å²) >= 11 is 0. The molecule has 10 nitrogen and oxygen atoms in total. The largest absolute Gasteiger partial charge is 0.454 e. The van der Waals surface area contributed by atoms with Gasteiger partial charge in [-0.3, -0.25) is 34.2 Å². The monoisotopic (exact) mass is 403 g/mol. The Hall–Kier alpha value is -3.30. The molecule has 154 valence electrons. The Bertz CT molecular complexity index is 883. The Balaban J connectivity index is 1.62. The first-order valence-corrected chi connectivity index (χ1v) is 9.43. The van der Waals surface area contributed by atoms with Crippen molar-refractivity contribution in [2.75, 3.05) is 19.7 Å². The summed E-state index contributed by atoms with van der Waals surface area (Å²) in [5, 5.41) is 11.1. The van der Waals surface area contributed by atoms with Gasteiger partial charge in [0.25, 0.3) is 23.4 Å². The van der Waals surface area contributed by atoms with E-state index in [2.05, 4.69) is 0 Å². The summed E-state index contributed by atoms with van der Waals surface area (Å²) in [6.45, 7) is 1.41. The smallest absolute Gasteiger partial charge is 0.326 e. The molecule has 0 spiro atoms. The molecule has 3 amide bonds. The van der Waals surface area contributed by atoms with Crippen molar-refractivity contribution < 1.29 is 28.8 Å². The van der Waals surface area contributed by atoms with Gasteiger partial charge in [-0.15, -0.1) is 0 Å². The van der Waals surface area contributed by atoms with Crippen LogP contribution >= 0.6 is 0 Å². The van der Waals surface area contributed by atoms with Crippen molar-refractivity contribution in [3.63, 3.8) is 0 Å². The van der Waals surface area contributed by atoms with Gasteiger partial charge >= 0.3 is 5.97 Å². The van der Waals surface area contributed by atoms with Gasteiger partial charge in [-0.2, -0.15) is 0 Å². The van der Waals surface area contributed by atoms with Gasteiger partial charge in [0.1, 0.15) is 12.1 Å². The molecule has 1 aromatic carbocycles. The molecular weight excluding hydrogens is 382 g/mol. The lowest BCUT2D eigenvalue weighted by Gasteiger charge is -2.35. The van der Waals surface area contributed by atoms with Crippen LogP contribution in [0, 0.1) is 10.1 Å². The van der Waals surface area contributed by atoms with E-state index in [9.17, 15) is 29.3 Å². The number of carbonyl (C=O) groups excluding carboxylic acids is 4. The fraction of sp³-hybridized carbons (Fsp3) is 0.474. The lowest BCUT2D eigenvalue weighted by molar-refractivity contribution is -0.385. The van der Waals surface area contributed by atoms with E-state index >= 15 is 0 Å². The number of rotatable bonds is 6. The van der Waals surface area contributed by atoms with Gasteiger partial charge in [0.15, 0.2) is 6.61 Å². The number of nitro groups is 1. The molecule has 0 bridgehead atoms. The number of esters is 1. The van der Waals surface area contributed by atoms with E-state index in [0.717, 1.165) is 31.7 Å². The van der Waals surface area contributed by atoms with Gasteiger partial charge in [-0.25, -0.2) is 0 Å². The third kappa shape index (κ3) is 3.96. The number of amides is 3. The van der Waals surface area contributed by atoms with E-state index in [1.165, 1.54) is 12.1 Å². The SMILES string of the molecule is CC[C@@H]1CCCCN1C(=O)COC(=O)CN1C(=O)c2cccc([N+](=O)[O-])c2C1=O. The number of piperidine rings is 1. The maximum atomic E-state index is 12.5. The third-order valence-electron chi connectivity index (χ3n) is 5.24. The standard InChI is InChI=1S/C19H21N3O7/c1-2-12-6-3-4-9-20(12)15(23)11-29-16(24)10-21-18(25)13-7-5-8-14(22(27)28)17(13)19(21)26/h5,7-8,12H,2-4,6,9-11H2,1H3/t12-/m1/s1. The minimum absolute atomic E-state index is 0.117. The number of carbonyl (C=O) groups is 4. The molecule has 0 N–H and O–H groups in total. The van der Waals surface area contributed by atoms with E-state index in [1.54, 1.807) is 4.90 Å². The summed E-state index contributed by atoms with van der Waals surface area (Å²) in [7, 11) is 0. The zero-order valence-corrected chi connectivity index (χ0v) is 16.0. The average Bonchev–Trinajstić information content (AvgIpc) is 2.96. The minimum Gasteiger partial charge on any atom is -0.454 e. The number of imide groups is 1. The van der Waals surface area contributed by atoms with Crippen molar-refractivity contribution in [1.29, 1.82) is 0 Å². The summed E-state index contributed by atoms with van der Waals surface area (Å²) in [5.74, 6) is -2.98. The van der Waals surface area contributed by atoms with Gasteiger partial charge in [0.05, 0.1) is 10.5 Å². The van der Waals surface area contributed by atoms with Crippen LogP contribution in [0.4, 0.5) is 5.69 Å². The van der Waals surface area contributed by atoms with Crippen molar-refractivity contribution in [3.05, 3.63) is 39.4 Å². The summed E-state index contributed by atoms with van der Waals surface area (Å²) in [4.78, 5) is 62.0. The first-order valence-electron chi connectivity index (χ1n) is 9.43. The molecule has 1 atom stereocenters. The molecule has 1 fully saturated rings. The van der Waals surface area contributed by atoms with Crippen LogP contribution in [-0.2, 0) is 14.3 Å². The zero-order valence-electron chi connectivity index (χ0n) is 16.0. The van der Waals surface area contributed by atoms with Crippen molar-refractivity contribution >= 4 is 29.4 Å². The van der Waals surface area contributed by atoms with Gasteiger partial charge in [-0.05, 0) is 31.7 Å². The highest BCUT2D eigenvalue weighted by Gasteiger charge is 2.42. The van der Waals surface area contributed by atoms with Gasteiger partial charge < -0.3 is 9.64 Å². The molecule has 2 aliphatic heterocycles. The molecule has 0 saturated carbocycles. The molecule has 0 aliphatic carbocycles.